The van der Waals surface area contributed by atoms with Gasteiger partial charge in [0.2, 0.25) is 5.88 Å². The number of rotatable bonds is 2. The molecule has 2 atom stereocenters. The molecule has 2 amide bonds. The molecule has 0 spiro atoms. The maximum absolute atomic E-state index is 12.9. The van der Waals surface area contributed by atoms with Crippen molar-refractivity contribution in [1.82, 2.24) is 9.78 Å². The largest absolute Gasteiger partial charge is 0.475 e. The number of ether oxygens (including phenoxy) is 1. The third-order valence-electron chi connectivity index (χ3n) is 5.38. The van der Waals surface area contributed by atoms with E-state index in [1.807, 2.05) is 6.92 Å². The van der Waals surface area contributed by atoms with Crippen LogP contribution in [0, 0.1) is 0 Å². The molecule has 0 radical (unpaired) electrons. The fraction of sp³-hybridized carbons (Fsp3) is 0.412. The second-order valence-corrected chi connectivity index (χ2v) is 8.80. The van der Waals surface area contributed by atoms with Crippen LogP contribution in [0.5, 0.6) is 5.88 Å². The molecular weight excluding hydrogens is 354 g/mol. The van der Waals surface area contributed by atoms with E-state index in [1.54, 1.807) is 4.68 Å². The van der Waals surface area contributed by atoms with Gasteiger partial charge in [0.05, 0.1) is 12.2 Å². The van der Waals surface area contributed by atoms with Crippen LogP contribution in [0.25, 0.3) is 0 Å². The maximum Gasteiger partial charge on any atom is 0.354 e. The summed E-state index contributed by atoms with van der Waals surface area (Å²) in [5.74, 6) is 0.328. The second-order valence-electron chi connectivity index (χ2n) is 7.04. The molecule has 2 aromatic rings. The Kier molecular flexibility index (Phi) is 3.23. The molecule has 3 N–H and O–H groups in total. The number of carbonyl (C=O) groups excluding carboxylic acids is 1. The summed E-state index contributed by atoms with van der Waals surface area (Å²) in [7, 11) is -3.44. The van der Waals surface area contributed by atoms with Crippen LogP contribution in [0.4, 0.5) is 10.5 Å². The van der Waals surface area contributed by atoms with E-state index >= 15 is 0 Å². The number of nitrogens with zero attached hydrogens (tertiary/aromatic N) is 3. The normalized spacial score (nSPS) is 21.2. The van der Waals surface area contributed by atoms with Crippen LogP contribution < -0.4 is 15.2 Å². The maximum atomic E-state index is 12.9. The van der Waals surface area contributed by atoms with E-state index in [4.69, 9.17) is 9.88 Å². The van der Waals surface area contributed by atoms with Crippen molar-refractivity contribution < 1.29 is 13.7 Å². The van der Waals surface area contributed by atoms with Crippen molar-refractivity contribution in [1.29, 1.82) is 0 Å². The molecule has 0 fully saturated rings. The van der Waals surface area contributed by atoms with Crippen LogP contribution >= 0.6 is 0 Å². The molecule has 1 aromatic carbocycles. The summed E-state index contributed by atoms with van der Waals surface area (Å²) >= 11 is 0. The Balaban J connectivity index is 1.47. The summed E-state index contributed by atoms with van der Waals surface area (Å²) in [5, 5.41) is 12.9. The number of benzene rings is 1. The molecule has 136 valence electrons. The van der Waals surface area contributed by atoms with E-state index in [9.17, 15) is 9.00 Å². The standard InChI is InChI=1S/C17H19N5O3S/c1-9-8-25-16-14(7-19-22(9)16)26(18,24)21-17(23)20-15-12-4-2-10(12)6-11-3-5-13(11)15/h6-7,9H,2-5,8H2,1H3,(H3,18,20,21,23,24)/t9-,26?/m1/s1. The van der Waals surface area contributed by atoms with E-state index in [1.165, 1.54) is 28.5 Å². The van der Waals surface area contributed by atoms with Gasteiger partial charge in [-0.25, -0.2) is 18.8 Å². The van der Waals surface area contributed by atoms with Crippen LogP contribution in [0.3, 0.4) is 0 Å². The molecule has 0 saturated carbocycles. The highest BCUT2D eigenvalue weighted by atomic mass is 32.2. The highest BCUT2D eigenvalue weighted by Gasteiger charge is 2.30. The van der Waals surface area contributed by atoms with Gasteiger partial charge in [0.15, 0.2) is 9.92 Å². The molecule has 8 nitrogen and oxygen atoms in total. The van der Waals surface area contributed by atoms with E-state index in [-0.39, 0.29) is 10.9 Å². The first-order valence-corrected chi connectivity index (χ1v) is 10.2. The van der Waals surface area contributed by atoms with Crippen molar-refractivity contribution in [2.45, 2.75) is 43.5 Å². The summed E-state index contributed by atoms with van der Waals surface area (Å²) in [6, 6.07) is 1.56. The Morgan fingerprint density at radius 1 is 1.35 bits per heavy atom. The number of hydrogen-bond acceptors (Lipinski definition) is 4. The average molecular weight is 373 g/mol. The lowest BCUT2D eigenvalue weighted by atomic mass is 9.76. The van der Waals surface area contributed by atoms with Crippen molar-refractivity contribution in [2.24, 2.45) is 9.50 Å². The predicted molar refractivity (Wildman–Crippen MR) is 95.7 cm³/mol. The number of carbonyl (C=O) groups is 1. The van der Waals surface area contributed by atoms with Gasteiger partial charge in [-0.3, -0.25) is 0 Å². The summed E-state index contributed by atoms with van der Waals surface area (Å²) < 4.78 is 23.7. The van der Waals surface area contributed by atoms with Crippen molar-refractivity contribution in [3.8, 4) is 5.88 Å². The lowest BCUT2D eigenvalue weighted by Crippen LogP contribution is -2.24. The summed E-state index contributed by atoms with van der Waals surface area (Å²) in [6.07, 6.45) is 5.33. The lowest BCUT2D eigenvalue weighted by Gasteiger charge is -2.31. The van der Waals surface area contributed by atoms with E-state index in [0.717, 1.165) is 31.4 Å². The predicted octanol–water partition coefficient (Wildman–Crippen LogP) is 1.97. The number of nitrogens with one attached hydrogen (secondary N) is 1. The number of aryl methyl sites for hydroxylation is 2. The molecule has 1 aromatic heterocycles. The van der Waals surface area contributed by atoms with Gasteiger partial charge >= 0.3 is 6.03 Å². The third kappa shape index (κ3) is 2.20. The van der Waals surface area contributed by atoms with Crippen LogP contribution in [0.2, 0.25) is 0 Å². The molecule has 0 saturated heterocycles. The topological polar surface area (TPSA) is 112 Å². The van der Waals surface area contributed by atoms with Gasteiger partial charge in [-0.1, -0.05) is 6.07 Å². The molecule has 1 unspecified atom stereocenters. The van der Waals surface area contributed by atoms with Crippen molar-refractivity contribution in [3.63, 3.8) is 0 Å². The van der Waals surface area contributed by atoms with Crippen LogP contribution in [-0.2, 0) is 35.6 Å². The first-order chi connectivity index (χ1) is 12.4. The highest BCUT2D eigenvalue weighted by Crippen LogP contribution is 2.41. The van der Waals surface area contributed by atoms with E-state index < -0.39 is 15.9 Å². The molecule has 5 rings (SSSR count). The number of nitrogens with two attached hydrogens (primary N) is 1. The van der Waals surface area contributed by atoms with Crippen LogP contribution in [0.15, 0.2) is 21.5 Å². The smallest absolute Gasteiger partial charge is 0.354 e. The number of urea groups is 1. The van der Waals surface area contributed by atoms with Gasteiger partial charge in [-0.05, 0) is 54.9 Å². The SMILES string of the molecule is C[C@@H]1COc2c(S(N)(=O)=NC(=O)Nc3c4c(cc5c3CC5)CC4)cnn21. The zero-order valence-electron chi connectivity index (χ0n) is 14.3. The Bertz CT molecular complexity index is 1050. The monoisotopic (exact) mass is 373 g/mol. The van der Waals surface area contributed by atoms with Crippen molar-refractivity contribution >= 4 is 21.6 Å². The number of amides is 2. The van der Waals surface area contributed by atoms with Gasteiger partial charge in [-0.2, -0.15) is 5.10 Å². The first kappa shape index (κ1) is 15.8. The molecule has 0 bridgehead atoms. The molecule has 9 heteroatoms. The zero-order chi connectivity index (χ0) is 18.1. The zero-order valence-corrected chi connectivity index (χ0v) is 15.1. The van der Waals surface area contributed by atoms with Crippen LogP contribution in [-0.4, -0.2) is 26.6 Å². The van der Waals surface area contributed by atoms with Gasteiger partial charge in [0, 0.05) is 5.69 Å². The van der Waals surface area contributed by atoms with Crippen molar-refractivity contribution in [2.75, 3.05) is 11.9 Å². The first-order valence-electron chi connectivity index (χ1n) is 8.67. The Morgan fingerprint density at radius 2 is 2.04 bits per heavy atom. The number of anilines is 1. The minimum atomic E-state index is -3.44. The molecule has 26 heavy (non-hydrogen) atoms. The molecule has 2 heterocycles. The lowest BCUT2D eigenvalue weighted by molar-refractivity contribution is 0.260. The Hall–Kier alpha value is -2.39. The number of hydrogen-bond donors (Lipinski definition) is 2. The molecular formula is C17H19N5O3S. The van der Waals surface area contributed by atoms with E-state index in [2.05, 4.69) is 20.8 Å². The number of fused-ring (bicyclic) bond motifs is 3. The fourth-order valence-electron chi connectivity index (χ4n) is 3.78. The molecule has 2 aliphatic carbocycles. The van der Waals surface area contributed by atoms with Gasteiger partial charge in [0.25, 0.3) is 0 Å². The van der Waals surface area contributed by atoms with E-state index in [0.29, 0.717) is 12.5 Å². The summed E-state index contributed by atoms with van der Waals surface area (Å²) in [6.45, 7) is 2.36. The highest BCUT2D eigenvalue weighted by molar-refractivity contribution is 7.91. The summed E-state index contributed by atoms with van der Waals surface area (Å²) in [4.78, 5) is 12.6. The molecule has 3 aliphatic rings. The second kappa shape index (κ2) is 5.31. The minimum absolute atomic E-state index is 0.0322. The Labute approximate surface area is 151 Å². The number of aromatic nitrogens is 2. The average Bonchev–Trinajstić information content (AvgIpc) is 3.07. The van der Waals surface area contributed by atoms with Gasteiger partial charge in [-0.15, -0.1) is 4.36 Å². The Morgan fingerprint density at radius 3 is 2.65 bits per heavy atom. The third-order valence-corrected chi connectivity index (χ3v) is 6.73. The quantitative estimate of drug-likeness (QED) is 0.838. The van der Waals surface area contributed by atoms with Crippen LogP contribution in [0.1, 0.15) is 35.2 Å². The van der Waals surface area contributed by atoms with Gasteiger partial charge < -0.3 is 10.1 Å². The van der Waals surface area contributed by atoms with Gasteiger partial charge in [0.1, 0.15) is 11.5 Å². The van der Waals surface area contributed by atoms with Crippen molar-refractivity contribution in [3.05, 3.63) is 34.5 Å². The summed E-state index contributed by atoms with van der Waals surface area (Å²) in [5.41, 5.74) is 5.73. The minimum Gasteiger partial charge on any atom is -0.475 e. The fourth-order valence-corrected chi connectivity index (χ4v) is 4.77. The molecule has 1 aliphatic heterocycles.